The third kappa shape index (κ3) is 9.77. The molecule has 2 unspecified atom stereocenters. The third-order valence-corrected chi connectivity index (χ3v) is 3.94. The van der Waals surface area contributed by atoms with E-state index in [0.29, 0.717) is 18.1 Å². The Kier molecular flexibility index (Phi) is 13.8. The average molecular weight is 286 g/mol. The van der Waals surface area contributed by atoms with Crippen LogP contribution in [0, 0.1) is 5.92 Å². The number of hydrogen-bond acceptors (Lipinski definition) is 2. The van der Waals surface area contributed by atoms with Gasteiger partial charge < -0.3 is 10.1 Å². The van der Waals surface area contributed by atoms with Crippen molar-refractivity contribution in [3.63, 3.8) is 0 Å². The van der Waals surface area contributed by atoms with Crippen LogP contribution in [-0.4, -0.2) is 25.3 Å². The first kappa shape index (κ1) is 19.9. The first-order valence-corrected chi connectivity index (χ1v) is 9.02. The molecule has 1 N–H and O–H groups in total. The minimum absolute atomic E-state index is 0.363. The Balaban J connectivity index is 4.10. The predicted molar refractivity (Wildman–Crippen MR) is 90.3 cm³/mol. The molecular weight excluding hydrogens is 246 g/mol. The van der Waals surface area contributed by atoms with Crippen molar-refractivity contribution >= 4 is 0 Å². The summed E-state index contributed by atoms with van der Waals surface area (Å²) in [4.78, 5) is 0. The van der Waals surface area contributed by atoms with Gasteiger partial charge in [-0.15, -0.1) is 0 Å². The van der Waals surface area contributed by atoms with Gasteiger partial charge in [0.15, 0.2) is 0 Å². The van der Waals surface area contributed by atoms with Gasteiger partial charge in [0.05, 0.1) is 6.10 Å². The Morgan fingerprint density at radius 3 is 2.05 bits per heavy atom. The second kappa shape index (κ2) is 13.9. The van der Waals surface area contributed by atoms with E-state index in [2.05, 4.69) is 39.9 Å². The van der Waals surface area contributed by atoms with Crippen LogP contribution in [0.25, 0.3) is 0 Å². The third-order valence-electron chi connectivity index (χ3n) is 3.94. The number of rotatable bonds is 14. The zero-order chi connectivity index (χ0) is 15.2. The highest BCUT2D eigenvalue weighted by Gasteiger charge is 2.23. The second-order valence-corrected chi connectivity index (χ2v) is 6.28. The number of unbranched alkanes of at least 4 members (excludes halogenated alkanes) is 5. The minimum Gasteiger partial charge on any atom is -0.377 e. The number of hydrogen-bond donors (Lipinski definition) is 1. The number of ether oxygens (including phenoxy) is 1. The van der Waals surface area contributed by atoms with Crippen LogP contribution in [0.2, 0.25) is 0 Å². The normalized spacial score (nSPS) is 14.7. The minimum atomic E-state index is 0.363. The van der Waals surface area contributed by atoms with Gasteiger partial charge in [0, 0.05) is 12.6 Å². The summed E-state index contributed by atoms with van der Waals surface area (Å²) in [5.41, 5.74) is 0. The van der Waals surface area contributed by atoms with Crippen molar-refractivity contribution in [2.24, 2.45) is 5.92 Å². The Morgan fingerprint density at radius 1 is 0.850 bits per heavy atom. The molecule has 0 aromatic heterocycles. The fourth-order valence-corrected chi connectivity index (χ4v) is 2.82. The molecule has 0 saturated heterocycles. The average Bonchev–Trinajstić information content (AvgIpc) is 2.43. The molecule has 0 rings (SSSR count). The van der Waals surface area contributed by atoms with Crippen molar-refractivity contribution in [3.8, 4) is 0 Å². The second-order valence-electron chi connectivity index (χ2n) is 6.28. The van der Waals surface area contributed by atoms with E-state index in [0.717, 1.165) is 13.2 Å². The molecule has 0 amide bonds. The monoisotopic (exact) mass is 285 g/mol. The fraction of sp³-hybridized carbons (Fsp3) is 1.00. The van der Waals surface area contributed by atoms with Crippen LogP contribution in [-0.2, 0) is 4.74 Å². The van der Waals surface area contributed by atoms with Gasteiger partial charge in [-0.05, 0) is 32.2 Å². The summed E-state index contributed by atoms with van der Waals surface area (Å²) in [6.45, 7) is 13.1. The molecule has 2 heteroatoms. The maximum absolute atomic E-state index is 6.00. The molecule has 0 radical (unpaired) electrons. The van der Waals surface area contributed by atoms with Crippen molar-refractivity contribution in [2.45, 2.75) is 98.1 Å². The smallest absolute Gasteiger partial charge is 0.0750 e. The van der Waals surface area contributed by atoms with Gasteiger partial charge in [-0.3, -0.25) is 0 Å². The maximum Gasteiger partial charge on any atom is 0.0750 e. The molecule has 122 valence electrons. The molecule has 0 spiro atoms. The molecule has 0 aliphatic rings. The summed E-state index contributed by atoms with van der Waals surface area (Å²) in [6.07, 6.45) is 11.1. The van der Waals surface area contributed by atoms with E-state index in [4.69, 9.17) is 4.74 Å². The van der Waals surface area contributed by atoms with Gasteiger partial charge in [0.2, 0.25) is 0 Å². The van der Waals surface area contributed by atoms with Crippen LogP contribution in [0.15, 0.2) is 0 Å². The summed E-state index contributed by atoms with van der Waals surface area (Å²) < 4.78 is 6.00. The summed E-state index contributed by atoms with van der Waals surface area (Å²) in [6, 6.07) is 0.529. The van der Waals surface area contributed by atoms with E-state index in [-0.39, 0.29) is 0 Å². The summed E-state index contributed by atoms with van der Waals surface area (Å²) in [7, 11) is 0. The van der Waals surface area contributed by atoms with Crippen molar-refractivity contribution in [1.82, 2.24) is 5.32 Å². The zero-order valence-corrected chi connectivity index (χ0v) is 14.7. The van der Waals surface area contributed by atoms with E-state index in [1.807, 2.05) is 0 Å². The molecule has 0 aliphatic carbocycles. The highest BCUT2D eigenvalue weighted by Crippen LogP contribution is 2.17. The molecule has 0 fully saturated rings. The summed E-state index contributed by atoms with van der Waals surface area (Å²) in [5.74, 6) is 0.587. The first-order valence-electron chi connectivity index (χ1n) is 9.02. The SMILES string of the molecule is CCCCCCCCC(NCCC)C(OCC)C(C)C. The first-order chi connectivity index (χ1) is 9.67. The van der Waals surface area contributed by atoms with E-state index >= 15 is 0 Å². The lowest BCUT2D eigenvalue weighted by atomic mass is 9.94. The summed E-state index contributed by atoms with van der Waals surface area (Å²) in [5, 5.41) is 3.71. The Hall–Kier alpha value is -0.0800. The Labute approximate surface area is 128 Å². The standard InChI is InChI=1S/C18H39NO/c1-6-9-10-11-12-13-14-17(19-15-7-2)18(16(4)5)20-8-3/h16-19H,6-15H2,1-5H3. The van der Waals surface area contributed by atoms with E-state index < -0.39 is 0 Å². The Bertz CT molecular complexity index is 194. The van der Waals surface area contributed by atoms with Crippen molar-refractivity contribution < 1.29 is 4.74 Å². The fourth-order valence-electron chi connectivity index (χ4n) is 2.82. The maximum atomic E-state index is 6.00. The molecule has 0 heterocycles. The van der Waals surface area contributed by atoms with Gasteiger partial charge in [-0.2, -0.15) is 0 Å². The lowest BCUT2D eigenvalue weighted by molar-refractivity contribution is 0.000933. The van der Waals surface area contributed by atoms with Gasteiger partial charge in [-0.25, -0.2) is 0 Å². The molecule has 0 aromatic carbocycles. The molecule has 20 heavy (non-hydrogen) atoms. The highest BCUT2D eigenvalue weighted by molar-refractivity contribution is 4.79. The highest BCUT2D eigenvalue weighted by atomic mass is 16.5. The van der Waals surface area contributed by atoms with Gasteiger partial charge in [0.1, 0.15) is 0 Å². The zero-order valence-electron chi connectivity index (χ0n) is 14.7. The topological polar surface area (TPSA) is 21.3 Å². The van der Waals surface area contributed by atoms with Crippen LogP contribution in [0.4, 0.5) is 0 Å². The van der Waals surface area contributed by atoms with E-state index in [1.165, 1.54) is 51.4 Å². The lowest BCUT2D eigenvalue weighted by Gasteiger charge is -2.31. The van der Waals surface area contributed by atoms with Gasteiger partial charge in [0.25, 0.3) is 0 Å². The number of nitrogens with one attached hydrogen (secondary N) is 1. The van der Waals surface area contributed by atoms with Crippen molar-refractivity contribution in [1.29, 1.82) is 0 Å². The molecule has 0 bridgehead atoms. The van der Waals surface area contributed by atoms with Crippen LogP contribution in [0.1, 0.15) is 86.0 Å². The molecular formula is C18H39NO. The van der Waals surface area contributed by atoms with Crippen molar-refractivity contribution in [3.05, 3.63) is 0 Å². The molecule has 0 aliphatic heterocycles. The van der Waals surface area contributed by atoms with Crippen molar-refractivity contribution in [2.75, 3.05) is 13.2 Å². The molecule has 2 nitrogen and oxygen atoms in total. The molecule has 0 saturated carbocycles. The van der Waals surface area contributed by atoms with Crippen LogP contribution in [0.5, 0.6) is 0 Å². The lowest BCUT2D eigenvalue weighted by Crippen LogP contribution is -2.44. The van der Waals surface area contributed by atoms with Crippen LogP contribution < -0.4 is 5.32 Å². The quantitative estimate of drug-likeness (QED) is 0.445. The van der Waals surface area contributed by atoms with Crippen LogP contribution >= 0.6 is 0 Å². The molecule has 0 aromatic rings. The van der Waals surface area contributed by atoms with Gasteiger partial charge in [-0.1, -0.05) is 66.2 Å². The van der Waals surface area contributed by atoms with Crippen LogP contribution in [0.3, 0.4) is 0 Å². The summed E-state index contributed by atoms with van der Waals surface area (Å²) >= 11 is 0. The van der Waals surface area contributed by atoms with E-state index in [1.54, 1.807) is 0 Å². The Morgan fingerprint density at radius 2 is 1.50 bits per heavy atom. The molecule has 2 atom stereocenters. The van der Waals surface area contributed by atoms with Gasteiger partial charge >= 0.3 is 0 Å². The largest absolute Gasteiger partial charge is 0.377 e. The van der Waals surface area contributed by atoms with E-state index in [9.17, 15) is 0 Å². The predicted octanol–water partition coefficient (Wildman–Crippen LogP) is 5.17.